The highest BCUT2D eigenvalue weighted by atomic mass is 16.4. The van der Waals surface area contributed by atoms with Gasteiger partial charge in [-0.25, -0.2) is 0 Å². The first-order valence-electron chi connectivity index (χ1n) is 5.01. The van der Waals surface area contributed by atoms with Crippen LogP contribution < -0.4 is 5.32 Å². The van der Waals surface area contributed by atoms with Crippen LogP contribution in [0.15, 0.2) is 0 Å². The number of carbonyl (C=O) groups is 1. The second kappa shape index (κ2) is 4.09. The molecule has 1 fully saturated rings. The minimum absolute atomic E-state index is 0.152. The lowest BCUT2D eigenvalue weighted by molar-refractivity contribution is -0.146. The van der Waals surface area contributed by atoms with E-state index < -0.39 is 5.97 Å². The third-order valence-corrected chi connectivity index (χ3v) is 3.07. The number of hydrogen-bond donors (Lipinski definition) is 2. The Balaban J connectivity index is 2.34. The average Bonchev–Trinajstić information content (AvgIpc) is 1.95. The van der Waals surface area contributed by atoms with Crippen LogP contribution in [0.25, 0.3) is 0 Å². The standard InChI is InChI=1S/C10H19NO2/c1-6(2)7(3)11-9-5-4-8(9)10(12)13/h6-9,11H,4-5H2,1-3H3,(H,12,13). The molecule has 3 unspecified atom stereocenters. The van der Waals surface area contributed by atoms with Crippen LogP contribution in [-0.2, 0) is 4.79 Å². The summed E-state index contributed by atoms with van der Waals surface area (Å²) >= 11 is 0. The first-order valence-corrected chi connectivity index (χ1v) is 5.01. The van der Waals surface area contributed by atoms with Gasteiger partial charge in [0.2, 0.25) is 0 Å². The Kier molecular flexibility index (Phi) is 3.31. The minimum Gasteiger partial charge on any atom is -0.481 e. The summed E-state index contributed by atoms with van der Waals surface area (Å²) in [6, 6.07) is 0.613. The topological polar surface area (TPSA) is 49.3 Å². The minimum atomic E-state index is -0.653. The van der Waals surface area contributed by atoms with E-state index >= 15 is 0 Å². The molecule has 3 heteroatoms. The highest BCUT2D eigenvalue weighted by Crippen LogP contribution is 2.28. The summed E-state index contributed by atoms with van der Waals surface area (Å²) in [6.45, 7) is 6.40. The van der Waals surface area contributed by atoms with Gasteiger partial charge in [-0.2, -0.15) is 0 Å². The van der Waals surface area contributed by atoms with E-state index in [1.165, 1.54) is 0 Å². The van der Waals surface area contributed by atoms with Crippen LogP contribution in [0.2, 0.25) is 0 Å². The van der Waals surface area contributed by atoms with Crippen molar-refractivity contribution >= 4 is 5.97 Å². The van der Waals surface area contributed by atoms with Gasteiger partial charge < -0.3 is 10.4 Å². The number of carboxylic acids is 1. The number of carboxylic acid groups (broad SMARTS) is 1. The van der Waals surface area contributed by atoms with E-state index in [4.69, 9.17) is 5.11 Å². The van der Waals surface area contributed by atoms with Gasteiger partial charge in [0.25, 0.3) is 0 Å². The maximum absolute atomic E-state index is 10.7. The number of rotatable bonds is 4. The monoisotopic (exact) mass is 185 g/mol. The molecule has 0 saturated heterocycles. The maximum Gasteiger partial charge on any atom is 0.308 e. The highest BCUT2D eigenvalue weighted by molar-refractivity contribution is 5.72. The third kappa shape index (κ3) is 2.44. The largest absolute Gasteiger partial charge is 0.481 e. The van der Waals surface area contributed by atoms with Gasteiger partial charge in [0.15, 0.2) is 0 Å². The molecule has 0 aromatic heterocycles. The molecule has 0 spiro atoms. The maximum atomic E-state index is 10.7. The van der Waals surface area contributed by atoms with Crippen molar-refractivity contribution < 1.29 is 9.90 Å². The van der Waals surface area contributed by atoms with Crippen LogP contribution in [0, 0.1) is 11.8 Å². The van der Waals surface area contributed by atoms with Crippen molar-refractivity contribution in [1.29, 1.82) is 0 Å². The first kappa shape index (κ1) is 10.5. The molecule has 3 atom stereocenters. The van der Waals surface area contributed by atoms with Crippen molar-refractivity contribution in [1.82, 2.24) is 5.32 Å². The lowest BCUT2D eigenvalue weighted by atomic mass is 9.79. The summed E-state index contributed by atoms with van der Waals surface area (Å²) in [4.78, 5) is 10.7. The van der Waals surface area contributed by atoms with E-state index in [9.17, 15) is 4.79 Å². The predicted octanol–water partition coefficient (Wildman–Crippen LogP) is 1.48. The molecule has 13 heavy (non-hydrogen) atoms. The third-order valence-electron chi connectivity index (χ3n) is 3.07. The fourth-order valence-electron chi connectivity index (χ4n) is 1.53. The molecule has 1 aliphatic carbocycles. The summed E-state index contributed by atoms with van der Waals surface area (Å²) in [5.74, 6) is -0.240. The van der Waals surface area contributed by atoms with Crippen LogP contribution in [0.5, 0.6) is 0 Å². The zero-order chi connectivity index (χ0) is 10.0. The first-order chi connectivity index (χ1) is 6.02. The van der Waals surface area contributed by atoms with Crippen LogP contribution in [-0.4, -0.2) is 23.2 Å². The Morgan fingerprint density at radius 2 is 2.00 bits per heavy atom. The smallest absolute Gasteiger partial charge is 0.308 e. The molecule has 0 aromatic carbocycles. The van der Waals surface area contributed by atoms with E-state index in [1.807, 2.05) is 0 Å². The fraction of sp³-hybridized carbons (Fsp3) is 0.900. The fourth-order valence-corrected chi connectivity index (χ4v) is 1.53. The zero-order valence-electron chi connectivity index (χ0n) is 8.58. The van der Waals surface area contributed by atoms with Crippen LogP contribution in [0.4, 0.5) is 0 Å². The van der Waals surface area contributed by atoms with Crippen molar-refractivity contribution in [3.05, 3.63) is 0 Å². The van der Waals surface area contributed by atoms with Crippen molar-refractivity contribution in [2.24, 2.45) is 11.8 Å². The van der Waals surface area contributed by atoms with Crippen LogP contribution in [0.1, 0.15) is 33.6 Å². The number of nitrogens with one attached hydrogen (secondary N) is 1. The molecular weight excluding hydrogens is 166 g/mol. The van der Waals surface area contributed by atoms with E-state index in [-0.39, 0.29) is 12.0 Å². The predicted molar refractivity (Wildman–Crippen MR) is 51.6 cm³/mol. The summed E-state index contributed by atoms with van der Waals surface area (Å²) in [5, 5.41) is 12.2. The summed E-state index contributed by atoms with van der Waals surface area (Å²) in [7, 11) is 0. The SMILES string of the molecule is CC(C)C(C)NC1CCC1C(=O)O. The molecule has 2 N–H and O–H groups in total. The molecule has 0 heterocycles. The van der Waals surface area contributed by atoms with Crippen molar-refractivity contribution in [3.8, 4) is 0 Å². The van der Waals surface area contributed by atoms with Gasteiger partial charge in [0.1, 0.15) is 0 Å². The van der Waals surface area contributed by atoms with Crippen LogP contribution >= 0.6 is 0 Å². The number of aliphatic carboxylic acids is 1. The second-order valence-corrected chi connectivity index (χ2v) is 4.33. The lowest BCUT2D eigenvalue weighted by Gasteiger charge is -2.37. The normalized spacial score (nSPS) is 29.8. The van der Waals surface area contributed by atoms with Crippen LogP contribution in [0.3, 0.4) is 0 Å². The number of hydrogen-bond acceptors (Lipinski definition) is 2. The quantitative estimate of drug-likeness (QED) is 0.697. The van der Waals surface area contributed by atoms with E-state index in [0.717, 1.165) is 12.8 Å². The summed E-state index contributed by atoms with van der Waals surface area (Å²) in [5.41, 5.74) is 0. The molecule has 0 radical (unpaired) electrons. The van der Waals surface area contributed by atoms with E-state index in [2.05, 4.69) is 26.1 Å². The Labute approximate surface area is 79.5 Å². The van der Waals surface area contributed by atoms with Gasteiger partial charge in [-0.3, -0.25) is 4.79 Å². The van der Waals surface area contributed by atoms with Crippen molar-refractivity contribution in [2.75, 3.05) is 0 Å². The van der Waals surface area contributed by atoms with Crippen molar-refractivity contribution in [2.45, 2.75) is 45.7 Å². The van der Waals surface area contributed by atoms with E-state index in [0.29, 0.717) is 12.0 Å². The molecule has 0 aliphatic heterocycles. The molecule has 1 aliphatic rings. The molecule has 0 amide bonds. The average molecular weight is 185 g/mol. The molecule has 0 aromatic rings. The molecule has 1 rings (SSSR count). The Hall–Kier alpha value is -0.570. The molecule has 0 bridgehead atoms. The highest BCUT2D eigenvalue weighted by Gasteiger charge is 2.37. The summed E-state index contributed by atoms with van der Waals surface area (Å²) in [6.07, 6.45) is 1.84. The molecular formula is C10H19NO2. The Bertz CT molecular complexity index is 191. The second-order valence-electron chi connectivity index (χ2n) is 4.33. The summed E-state index contributed by atoms with van der Waals surface area (Å²) < 4.78 is 0. The Morgan fingerprint density at radius 1 is 1.38 bits per heavy atom. The van der Waals surface area contributed by atoms with Gasteiger partial charge >= 0.3 is 5.97 Å². The van der Waals surface area contributed by atoms with Crippen molar-refractivity contribution in [3.63, 3.8) is 0 Å². The van der Waals surface area contributed by atoms with Gasteiger partial charge in [-0.1, -0.05) is 13.8 Å². The van der Waals surface area contributed by atoms with E-state index in [1.54, 1.807) is 0 Å². The molecule has 76 valence electrons. The lowest BCUT2D eigenvalue weighted by Crippen LogP contribution is -2.51. The molecule has 1 saturated carbocycles. The van der Waals surface area contributed by atoms with Gasteiger partial charge in [-0.05, 0) is 25.7 Å². The Morgan fingerprint density at radius 3 is 2.31 bits per heavy atom. The zero-order valence-corrected chi connectivity index (χ0v) is 8.58. The van der Waals surface area contributed by atoms with Gasteiger partial charge in [0, 0.05) is 12.1 Å². The van der Waals surface area contributed by atoms with Gasteiger partial charge in [-0.15, -0.1) is 0 Å². The molecule has 3 nitrogen and oxygen atoms in total. The van der Waals surface area contributed by atoms with Gasteiger partial charge in [0.05, 0.1) is 5.92 Å².